The van der Waals surface area contributed by atoms with Crippen LogP contribution in [0.4, 0.5) is 5.69 Å². The number of amides is 1. The van der Waals surface area contributed by atoms with Gasteiger partial charge < -0.3 is 24.3 Å². The Kier molecular flexibility index (Phi) is 7.97. The molecule has 9 heteroatoms. The number of ether oxygens (including phenoxy) is 2. The summed E-state index contributed by atoms with van der Waals surface area (Å²) >= 11 is 1.44. The topological polar surface area (TPSA) is 87.8 Å². The normalized spacial score (nSPS) is 13.6. The number of H-pyrrole nitrogens is 1. The highest BCUT2D eigenvalue weighted by Crippen LogP contribution is 2.28. The van der Waals surface area contributed by atoms with E-state index in [0.717, 1.165) is 22.7 Å². The summed E-state index contributed by atoms with van der Waals surface area (Å²) in [6.07, 6.45) is 0.0453. The highest BCUT2D eigenvalue weighted by molar-refractivity contribution is 7.98. The first-order valence-corrected chi connectivity index (χ1v) is 12.5. The van der Waals surface area contributed by atoms with Crippen molar-refractivity contribution in [2.45, 2.75) is 24.3 Å². The first-order valence-electron chi connectivity index (χ1n) is 11.5. The molecule has 0 spiro atoms. The van der Waals surface area contributed by atoms with Crippen LogP contribution in [0.2, 0.25) is 0 Å². The van der Waals surface area contributed by atoms with Crippen LogP contribution in [0.1, 0.15) is 16.8 Å². The highest BCUT2D eigenvalue weighted by Gasteiger charge is 2.24. The van der Waals surface area contributed by atoms with Crippen LogP contribution in [0.5, 0.6) is 11.5 Å². The Bertz CT molecular complexity index is 1240. The molecule has 1 amide bonds. The van der Waals surface area contributed by atoms with Crippen LogP contribution in [0.25, 0.3) is 0 Å². The molecule has 8 nitrogen and oxygen atoms in total. The molecule has 0 aliphatic carbocycles. The van der Waals surface area contributed by atoms with Gasteiger partial charge in [0, 0.05) is 43.2 Å². The van der Waals surface area contributed by atoms with E-state index in [9.17, 15) is 9.59 Å². The van der Waals surface area contributed by atoms with Crippen LogP contribution in [-0.2, 0) is 17.0 Å². The fourth-order valence-corrected chi connectivity index (χ4v) is 4.98. The number of anilines is 1. The van der Waals surface area contributed by atoms with Crippen LogP contribution >= 0.6 is 11.8 Å². The van der Waals surface area contributed by atoms with Gasteiger partial charge >= 0.3 is 0 Å². The van der Waals surface area contributed by atoms with Crippen molar-refractivity contribution in [3.8, 4) is 11.5 Å². The standard InChI is InChI=1S/C26H30N4O4S/c1-18-21(25(32)28-26(27-18)35-17-19-7-6-8-20(15-19)33-2)16-24(31)30-13-11-29(12-14-30)22-9-4-5-10-23(22)34-3/h4-10,15H,11-14,16-17H2,1-3H3,(H,27,28,32). The van der Waals surface area contributed by atoms with E-state index in [-0.39, 0.29) is 17.9 Å². The zero-order valence-corrected chi connectivity index (χ0v) is 21.1. The Hall–Kier alpha value is -3.46. The number of piperazine rings is 1. The lowest BCUT2D eigenvalue weighted by Crippen LogP contribution is -2.49. The molecule has 35 heavy (non-hydrogen) atoms. The second-order valence-electron chi connectivity index (χ2n) is 8.29. The molecule has 1 saturated heterocycles. The fourth-order valence-electron chi connectivity index (χ4n) is 4.13. The minimum Gasteiger partial charge on any atom is -0.497 e. The van der Waals surface area contributed by atoms with Crippen LogP contribution in [0, 0.1) is 6.92 Å². The Morgan fingerprint density at radius 3 is 2.54 bits per heavy atom. The molecule has 184 valence electrons. The molecular weight excluding hydrogens is 464 g/mol. The van der Waals surface area contributed by atoms with E-state index in [2.05, 4.69) is 14.9 Å². The van der Waals surface area contributed by atoms with Crippen LogP contribution in [0.15, 0.2) is 58.5 Å². The Morgan fingerprint density at radius 2 is 1.83 bits per heavy atom. The molecule has 3 aromatic rings. The van der Waals surface area contributed by atoms with E-state index in [1.165, 1.54) is 11.8 Å². The highest BCUT2D eigenvalue weighted by atomic mass is 32.2. The van der Waals surface area contributed by atoms with Crippen molar-refractivity contribution in [1.29, 1.82) is 0 Å². The van der Waals surface area contributed by atoms with Crippen LogP contribution in [-0.4, -0.2) is 61.2 Å². The molecule has 4 rings (SSSR count). The van der Waals surface area contributed by atoms with Gasteiger partial charge in [-0.15, -0.1) is 0 Å². The predicted octanol–water partition coefficient (Wildman–Crippen LogP) is 3.28. The molecule has 0 bridgehead atoms. The average molecular weight is 495 g/mol. The third-order valence-corrected chi connectivity index (χ3v) is 7.04. The van der Waals surface area contributed by atoms with Crippen molar-refractivity contribution in [1.82, 2.24) is 14.9 Å². The molecule has 1 fully saturated rings. The van der Waals surface area contributed by atoms with Crippen LogP contribution in [0.3, 0.4) is 0 Å². The first-order chi connectivity index (χ1) is 17.0. The number of carbonyl (C=O) groups excluding carboxylic acids is 1. The van der Waals surface area contributed by atoms with E-state index < -0.39 is 0 Å². The van der Waals surface area contributed by atoms with Crippen molar-refractivity contribution in [3.63, 3.8) is 0 Å². The lowest BCUT2D eigenvalue weighted by molar-refractivity contribution is -0.130. The number of carbonyl (C=O) groups is 1. The summed E-state index contributed by atoms with van der Waals surface area (Å²) in [6.45, 7) is 4.39. The minimum absolute atomic E-state index is 0.0453. The number of hydrogen-bond donors (Lipinski definition) is 1. The van der Waals surface area contributed by atoms with Gasteiger partial charge in [0.25, 0.3) is 5.56 Å². The number of aromatic nitrogens is 2. The van der Waals surface area contributed by atoms with Crippen molar-refractivity contribution in [2.24, 2.45) is 0 Å². The van der Waals surface area contributed by atoms with Crippen molar-refractivity contribution >= 4 is 23.4 Å². The van der Waals surface area contributed by atoms with Gasteiger partial charge in [-0.1, -0.05) is 36.0 Å². The van der Waals surface area contributed by atoms with Gasteiger partial charge in [-0.3, -0.25) is 9.59 Å². The SMILES string of the molecule is COc1cccc(CSc2nc(C)c(CC(=O)N3CCN(c4ccccc4OC)CC3)c(=O)[nH]2)c1. The van der Waals surface area contributed by atoms with Gasteiger partial charge in [0.15, 0.2) is 5.16 Å². The van der Waals surface area contributed by atoms with E-state index >= 15 is 0 Å². The van der Waals surface area contributed by atoms with E-state index in [1.54, 1.807) is 21.1 Å². The van der Waals surface area contributed by atoms with Crippen molar-refractivity contribution in [3.05, 3.63) is 75.7 Å². The molecule has 1 N–H and O–H groups in total. The van der Waals surface area contributed by atoms with Gasteiger partial charge in [0.05, 0.1) is 26.3 Å². The average Bonchev–Trinajstić information content (AvgIpc) is 2.89. The fraction of sp³-hybridized carbons (Fsp3) is 0.346. The smallest absolute Gasteiger partial charge is 0.255 e. The molecule has 1 aliphatic heterocycles. The summed E-state index contributed by atoms with van der Waals surface area (Å²) < 4.78 is 10.7. The zero-order valence-electron chi connectivity index (χ0n) is 20.2. The number of nitrogens with one attached hydrogen (secondary N) is 1. The number of methoxy groups -OCH3 is 2. The lowest BCUT2D eigenvalue weighted by Gasteiger charge is -2.36. The van der Waals surface area contributed by atoms with Crippen molar-refractivity contribution in [2.75, 3.05) is 45.3 Å². The Labute approximate surface area is 209 Å². The van der Waals surface area contributed by atoms with Crippen molar-refractivity contribution < 1.29 is 14.3 Å². The minimum atomic E-state index is -0.258. The summed E-state index contributed by atoms with van der Waals surface area (Å²) in [7, 11) is 3.30. The third-order valence-electron chi connectivity index (χ3n) is 6.10. The lowest BCUT2D eigenvalue weighted by atomic mass is 10.1. The first kappa shape index (κ1) is 24.7. The second kappa shape index (κ2) is 11.3. The molecule has 2 aromatic carbocycles. The van der Waals surface area contributed by atoms with Gasteiger partial charge in [-0.2, -0.15) is 0 Å². The number of benzene rings is 2. The van der Waals surface area contributed by atoms with Gasteiger partial charge in [0.1, 0.15) is 11.5 Å². The third kappa shape index (κ3) is 5.97. The Balaban J connectivity index is 1.36. The summed E-state index contributed by atoms with van der Waals surface area (Å²) in [6, 6.07) is 15.7. The van der Waals surface area contributed by atoms with Gasteiger partial charge in [-0.25, -0.2) is 4.98 Å². The molecule has 0 atom stereocenters. The summed E-state index contributed by atoms with van der Waals surface area (Å²) in [5.41, 5.74) is 2.85. The summed E-state index contributed by atoms with van der Waals surface area (Å²) in [5, 5.41) is 0.539. The van der Waals surface area contributed by atoms with E-state index in [1.807, 2.05) is 53.4 Å². The van der Waals surface area contributed by atoms with Gasteiger partial charge in [0.2, 0.25) is 5.91 Å². The number of thioether (sulfide) groups is 1. The molecule has 1 aromatic heterocycles. The molecule has 0 radical (unpaired) electrons. The number of aryl methyl sites for hydroxylation is 1. The largest absolute Gasteiger partial charge is 0.497 e. The number of aromatic amines is 1. The molecule has 0 unspecified atom stereocenters. The maximum atomic E-state index is 13.0. The number of rotatable bonds is 8. The molecule has 1 aliphatic rings. The maximum Gasteiger partial charge on any atom is 0.255 e. The van der Waals surface area contributed by atoms with Crippen LogP contribution < -0.4 is 19.9 Å². The zero-order chi connectivity index (χ0) is 24.8. The second-order valence-corrected chi connectivity index (χ2v) is 9.26. The molecule has 2 heterocycles. The molecule has 0 saturated carbocycles. The van der Waals surface area contributed by atoms with Gasteiger partial charge in [-0.05, 0) is 36.8 Å². The number of para-hydroxylation sites is 2. The van der Waals surface area contributed by atoms with E-state index in [4.69, 9.17) is 9.47 Å². The monoisotopic (exact) mass is 494 g/mol. The number of hydrogen-bond acceptors (Lipinski definition) is 7. The predicted molar refractivity (Wildman–Crippen MR) is 138 cm³/mol. The quantitative estimate of drug-likeness (QED) is 0.380. The number of nitrogens with zero attached hydrogens (tertiary/aromatic N) is 3. The molecular formula is C26H30N4O4S. The van der Waals surface area contributed by atoms with E-state index in [0.29, 0.717) is 48.3 Å². The maximum absolute atomic E-state index is 13.0. The Morgan fingerprint density at radius 1 is 1.06 bits per heavy atom. The summed E-state index contributed by atoms with van der Waals surface area (Å²) in [4.78, 5) is 37.2. The summed E-state index contributed by atoms with van der Waals surface area (Å²) in [5.74, 6) is 2.20.